The molecule has 512 valence electrons. The number of aliphatic hydroxyl groups is 16. The van der Waals surface area contributed by atoms with E-state index in [2.05, 4.69) is 0 Å². The van der Waals surface area contributed by atoms with Gasteiger partial charge in [0, 0.05) is 0 Å². The predicted octanol–water partition coefficient (Wildman–Crippen LogP) is -6.06. The number of rotatable bonds is 8. The lowest BCUT2D eigenvalue weighted by molar-refractivity contribution is -0.401. The highest BCUT2D eigenvalue weighted by atomic mass is 16.8. The molecule has 0 saturated carbocycles. The molecule has 32 nitrogen and oxygen atoms in total. The van der Waals surface area contributed by atoms with Crippen LogP contribution in [0.4, 0.5) is 0 Å². The minimum atomic E-state index is -1.92. The van der Waals surface area contributed by atoms with Crippen molar-refractivity contribution in [3.05, 3.63) is 0 Å². The molecule has 0 aliphatic carbocycles. The van der Waals surface area contributed by atoms with Crippen LogP contribution in [-0.4, -0.2) is 327 Å². The number of ether oxygens (including phenoxy) is 16. The summed E-state index contributed by atoms with van der Waals surface area (Å²) in [7, 11) is 0. The van der Waals surface area contributed by atoms with Gasteiger partial charge in [0.25, 0.3) is 0 Å². The molecular weight excluding hydrogens is 1180 g/mol. The van der Waals surface area contributed by atoms with Crippen molar-refractivity contribution in [1.82, 2.24) is 0 Å². The monoisotopic (exact) mass is 1280 g/mol. The van der Waals surface area contributed by atoms with E-state index < -0.39 is 246 Å². The molecule has 30 rings (SSSR count). The van der Waals surface area contributed by atoms with Gasteiger partial charge in [-0.25, -0.2) is 0 Å². The zero-order chi connectivity index (χ0) is 64.1. The van der Waals surface area contributed by atoms with Gasteiger partial charge in [-0.1, -0.05) is 55.4 Å². The average molecular weight is 1280 g/mol. The Hall–Kier alpha value is -1.28. The lowest BCUT2D eigenvalue weighted by Crippen LogP contribution is -2.68. The number of aliphatic hydroxyl groups excluding tert-OH is 16. The molecule has 40 atom stereocenters. The Morgan fingerprint density at radius 2 is 0.239 bits per heavy atom. The van der Waals surface area contributed by atoms with Crippen LogP contribution in [-0.2, 0) is 75.8 Å². The minimum Gasteiger partial charge on any atom is -0.387 e. The van der Waals surface area contributed by atoms with Gasteiger partial charge in [0.05, 0.1) is 48.8 Å². The summed E-state index contributed by atoms with van der Waals surface area (Å²) in [5.74, 6) is 0. The quantitative estimate of drug-likeness (QED) is 0.108. The van der Waals surface area contributed by atoms with Gasteiger partial charge in [-0.15, -0.1) is 0 Å². The molecular formula is C56H96O32. The molecule has 88 heavy (non-hydrogen) atoms. The van der Waals surface area contributed by atoms with Crippen LogP contribution in [0.5, 0.6) is 0 Å². The summed E-state index contributed by atoms with van der Waals surface area (Å²) >= 11 is 0. The third-order valence-corrected chi connectivity index (χ3v) is 18.7. The molecule has 30 heterocycles. The van der Waals surface area contributed by atoms with Crippen molar-refractivity contribution < 1.29 is 157 Å². The van der Waals surface area contributed by atoms with E-state index in [4.69, 9.17) is 75.8 Å². The average Bonchev–Trinajstić information content (AvgIpc) is 0.985. The highest BCUT2D eigenvalue weighted by Crippen LogP contribution is 2.41. The van der Waals surface area contributed by atoms with Crippen LogP contribution in [0.1, 0.15) is 107 Å². The Morgan fingerprint density at radius 3 is 0.318 bits per heavy atom. The highest BCUT2D eigenvalue weighted by molar-refractivity contribution is 5.02. The van der Waals surface area contributed by atoms with E-state index in [1.54, 1.807) is 55.4 Å². The second-order valence-corrected chi connectivity index (χ2v) is 24.3. The van der Waals surface area contributed by atoms with Gasteiger partial charge in [0.15, 0.2) is 50.3 Å². The standard InChI is InChI=1S/C56H96O32/c1-9-17-41-25(57)33(65)49(73-17)82-42-18(10-2)75-51(35(67)27(42)59)84-44-20(12-4)77-53(37(69)29(44)61)86-46-22(14-6)79-55(39(71)31(46)63)88-48-24(16-8)80-56(40(72)32(48)64)87-47-23(15-7)78-54(38(70)30(47)62)85-45-21(13-5)76-52(36(68)28(45)60)83-43-19(11-3)74-50(81-41)34(66)26(43)58/h17-72H,9-16H2,1-8H3/t17?,18?,19?,20?,21?,22?,23?,24?,25-,26-,27-,28-,29-,30-,31-,32?,33?,34?,35?,36?,37?,38?,39?,40+,41-,42-,43-,44-,45-,46-,47-,48-,49-,50-,51-,52+,53-,54-,55-,56-/m1/s1. The molecule has 32 heteroatoms. The van der Waals surface area contributed by atoms with E-state index in [0.717, 1.165) is 0 Å². The first-order chi connectivity index (χ1) is 41.9. The SMILES string of the molecule is CCC1O[C@@H]2O[C@@H]3C(CC)O[C@H](O[C@@H]4C(CC)O[C@@H](O[C@@H]5C(CC)O[C@H](O[C@@H]6C(CC)O[C@H](O[C@@H]7C(CC)O[C@H](O[C@@H]8C(CC)O[C@H](O[C@@H]9C(CC)O[C@H](O[C@H]1C(O)[C@@H]2O)C(O)[C@H]9O)C(O)[C@H]8O)C(O)[C@H]7O)C(O)[C@H]6O)C(O)[C@H]5O)C(O)[C@H]4O)C(O)[C@H]3O. The first-order valence-electron chi connectivity index (χ1n) is 31.3. The number of hydrogen-bond donors (Lipinski definition) is 16. The van der Waals surface area contributed by atoms with E-state index >= 15 is 0 Å². The minimum absolute atomic E-state index is 0.0886. The van der Waals surface area contributed by atoms with Crippen molar-refractivity contribution >= 4 is 0 Å². The first kappa shape index (κ1) is 71.0. The first-order valence-corrected chi connectivity index (χ1v) is 31.3. The maximum absolute atomic E-state index is 11.7. The molecule has 0 spiro atoms. The zero-order valence-corrected chi connectivity index (χ0v) is 50.4. The topological polar surface area (TPSA) is 471 Å². The van der Waals surface area contributed by atoms with Gasteiger partial charge in [-0.2, -0.15) is 0 Å². The largest absolute Gasteiger partial charge is 0.387 e. The smallest absolute Gasteiger partial charge is 0.187 e. The van der Waals surface area contributed by atoms with E-state index in [9.17, 15) is 81.7 Å². The van der Waals surface area contributed by atoms with Crippen LogP contribution in [0.2, 0.25) is 0 Å². The Bertz CT molecular complexity index is 1700. The molecule has 16 unspecified atom stereocenters. The lowest BCUT2D eigenvalue weighted by atomic mass is 9.93. The predicted molar refractivity (Wildman–Crippen MR) is 287 cm³/mol. The van der Waals surface area contributed by atoms with Crippen molar-refractivity contribution in [1.29, 1.82) is 0 Å². The molecule has 30 saturated heterocycles. The molecule has 0 aromatic rings. The zero-order valence-electron chi connectivity index (χ0n) is 50.4. The molecule has 30 aliphatic heterocycles. The molecule has 0 amide bonds. The van der Waals surface area contributed by atoms with Crippen molar-refractivity contribution in [2.75, 3.05) is 0 Å². The van der Waals surface area contributed by atoms with E-state index in [1.807, 2.05) is 0 Å². The van der Waals surface area contributed by atoms with Gasteiger partial charge < -0.3 is 157 Å². The van der Waals surface area contributed by atoms with Crippen LogP contribution in [0, 0.1) is 0 Å². The Labute approximate surface area is 508 Å². The molecule has 0 radical (unpaired) electrons. The maximum Gasteiger partial charge on any atom is 0.187 e. The molecule has 16 bridgehead atoms. The summed E-state index contributed by atoms with van der Waals surface area (Å²) in [6.07, 6.45) is -63.7. The fourth-order valence-electron chi connectivity index (χ4n) is 13.4. The number of hydrogen-bond acceptors (Lipinski definition) is 32. The summed E-state index contributed by atoms with van der Waals surface area (Å²) in [5.41, 5.74) is 0. The Morgan fingerprint density at radius 1 is 0.148 bits per heavy atom. The summed E-state index contributed by atoms with van der Waals surface area (Å²) in [4.78, 5) is 0. The van der Waals surface area contributed by atoms with Crippen molar-refractivity contribution in [3.63, 3.8) is 0 Å². The fourth-order valence-corrected chi connectivity index (χ4v) is 13.4. The van der Waals surface area contributed by atoms with Crippen LogP contribution >= 0.6 is 0 Å². The summed E-state index contributed by atoms with van der Waals surface area (Å²) < 4.78 is 97.9. The lowest BCUT2D eigenvalue weighted by Gasteiger charge is -2.51. The molecule has 30 aliphatic rings. The van der Waals surface area contributed by atoms with E-state index in [0.29, 0.717) is 0 Å². The second kappa shape index (κ2) is 30.2. The third-order valence-electron chi connectivity index (χ3n) is 18.7. The second-order valence-electron chi connectivity index (χ2n) is 24.3. The molecule has 16 N–H and O–H groups in total. The highest BCUT2D eigenvalue weighted by Gasteiger charge is 2.60. The Balaban J connectivity index is 0.975. The van der Waals surface area contributed by atoms with Gasteiger partial charge in [0.1, 0.15) is 146 Å². The Kier molecular flexibility index (Phi) is 24.4. The third kappa shape index (κ3) is 13.9. The summed E-state index contributed by atoms with van der Waals surface area (Å²) in [6, 6.07) is 0. The van der Waals surface area contributed by atoms with Crippen molar-refractivity contribution in [2.45, 2.75) is 352 Å². The van der Waals surface area contributed by atoms with E-state index in [-0.39, 0.29) is 51.4 Å². The van der Waals surface area contributed by atoms with Crippen LogP contribution in [0.25, 0.3) is 0 Å². The molecule has 0 aromatic carbocycles. The maximum atomic E-state index is 11.7. The molecule has 30 fully saturated rings. The van der Waals surface area contributed by atoms with Gasteiger partial charge >= 0.3 is 0 Å². The van der Waals surface area contributed by atoms with Gasteiger partial charge in [-0.3, -0.25) is 0 Å². The van der Waals surface area contributed by atoms with Crippen LogP contribution in [0.15, 0.2) is 0 Å². The van der Waals surface area contributed by atoms with Crippen molar-refractivity contribution in [3.8, 4) is 0 Å². The van der Waals surface area contributed by atoms with Gasteiger partial charge in [-0.05, 0) is 51.4 Å². The van der Waals surface area contributed by atoms with Crippen molar-refractivity contribution in [2.24, 2.45) is 0 Å². The molecule has 0 aromatic heterocycles. The van der Waals surface area contributed by atoms with Crippen LogP contribution < -0.4 is 0 Å². The van der Waals surface area contributed by atoms with Crippen LogP contribution in [0.3, 0.4) is 0 Å². The normalized spacial score (nSPS) is 55.4. The van der Waals surface area contributed by atoms with Gasteiger partial charge in [0.2, 0.25) is 0 Å². The summed E-state index contributed by atoms with van der Waals surface area (Å²) in [6.45, 7) is 13.2. The summed E-state index contributed by atoms with van der Waals surface area (Å²) in [5, 5.41) is 186. The fraction of sp³-hybridized carbons (Fsp3) is 1.00. The van der Waals surface area contributed by atoms with E-state index in [1.165, 1.54) is 0 Å².